The first-order valence-electron chi connectivity index (χ1n) is 5.85. The summed E-state index contributed by atoms with van der Waals surface area (Å²) < 4.78 is 14.2. The Bertz CT molecular complexity index is 744. The van der Waals surface area contributed by atoms with Gasteiger partial charge in [-0.3, -0.25) is 10.1 Å². The highest BCUT2D eigenvalue weighted by molar-refractivity contribution is 9.09. The summed E-state index contributed by atoms with van der Waals surface area (Å²) in [5, 5.41) is 10.5. The maximum atomic E-state index is 14.2. The number of benzene rings is 1. The molecule has 0 saturated heterocycles. The van der Waals surface area contributed by atoms with E-state index in [0.29, 0.717) is 0 Å². The van der Waals surface area contributed by atoms with Crippen LogP contribution in [0.15, 0.2) is 30.5 Å². The predicted molar refractivity (Wildman–Crippen MR) is 81.1 cm³/mol. The molecule has 0 bridgehead atoms. The average Bonchev–Trinajstić information content (AvgIpc) is 2.47. The van der Waals surface area contributed by atoms with Gasteiger partial charge in [0.2, 0.25) is 5.28 Å². The van der Waals surface area contributed by atoms with Crippen molar-refractivity contribution >= 4 is 45.1 Å². The quantitative estimate of drug-likeness (QED) is 0.473. The van der Waals surface area contributed by atoms with Crippen LogP contribution in [0.1, 0.15) is 20.9 Å². The Labute approximate surface area is 137 Å². The molecule has 22 heavy (non-hydrogen) atoms. The molecule has 1 amide bonds. The second kappa shape index (κ2) is 6.80. The van der Waals surface area contributed by atoms with Crippen LogP contribution in [-0.2, 0) is 0 Å². The van der Waals surface area contributed by atoms with Gasteiger partial charge in [0.15, 0.2) is 11.6 Å². The predicted octanol–water partition coefficient (Wildman–Crippen LogP) is 3.68. The minimum atomic E-state index is -1.43. The number of Topliss-reactive ketones (excluding diaryl/α,β-unsaturated/α-hetero) is 1. The number of carboxylic acid groups (broad SMARTS) is 1. The molecule has 0 fully saturated rings. The van der Waals surface area contributed by atoms with E-state index in [-0.39, 0.29) is 22.2 Å². The monoisotopic (exact) mass is 387 g/mol. The fourth-order valence-corrected chi connectivity index (χ4v) is 2.35. The molecule has 0 aliphatic heterocycles. The van der Waals surface area contributed by atoms with Gasteiger partial charge in [0.05, 0.1) is 16.9 Å². The Morgan fingerprint density at radius 3 is 2.73 bits per heavy atom. The number of ketones is 1. The van der Waals surface area contributed by atoms with Gasteiger partial charge in [-0.1, -0.05) is 22.0 Å². The zero-order valence-electron chi connectivity index (χ0n) is 10.8. The molecular weight excluding hydrogens is 381 g/mol. The van der Waals surface area contributed by atoms with Crippen LogP contribution in [0.2, 0.25) is 5.28 Å². The van der Waals surface area contributed by atoms with Crippen molar-refractivity contribution in [2.45, 2.75) is 4.83 Å². The van der Waals surface area contributed by atoms with Crippen LogP contribution in [0, 0.1) is 5.82 Å². The highest BCUT2D eigenvalue weighted by atomic mass is 79.9. The number of halogens is 3. The van der Waals surface area contributed by atoms with E-state index in [9.17, 15) is 14.0 Å². The molecule has 114 valence electrons. The average molecular weight is 389 g/mol. The van der Waals surface area contributed by atoms with Crippen molar-refractivity contribution in [3.8, 4) is 0 Å². The van der Waals surface area contributed by atoms with E-state index in [1.807, 2.05) is 5.32 Å². The second-order valence-corrected chi connectivity index (χ2v) is 5.33. The SMILES string of the molecule is O=C(O)Nc1cccc(C(=O)C(Br)c2ccnc(Cl)n2)c1F. The summed E-state index contributed by atoms with van der Waals surface area (Å²) in [4.78, 5) is 29.6. The summed E-state index contributed by atoms with van der Waals surface area (Å²) in [6.45, 7) is 0. The van der Waals surface area contributed by atoms with Gasteiger partial charge >= 0.3 is 6.09 Å². The molecule has 6 nitrogen and oxygen atoms in total. The number of anilines is 1. The van der Waals surface area contributed by atoms with E-state index in [1.165, 1.54) is 30.5 Å². The standard InChI is InChI=1S/C13H8BrClFN3O3/c14-9(7-4-5-17-12(15)18-7)11(20)6-2-1-3-8(10(6)16)19-13(21)22/h1-5,9,19H,(H,21,22). The van der Waals surface area contributed by atoms with Gasteiger partial charge in [-0.15, -0.1) is 0 Å². The van der Waals surface area contributed by atoms with Crippen LogP contribution in [0.3, 0.4) is 0 Å². The molecular formula is C13H8BrClFN3O3. The number of nitrogens with zero attached hydrogens (tertiary/aromatic N) is 2. The van der Waals surface area contributed by atoms with Gasteiger partial charge in [-0.25, -0.2) is 19.2 Å². The van der Waals surface area contributed by atoms with E-state index in [4.69, 9.17) is 16.7 Å². The normalized spacial score (nSPS) is 11.8. The number of rotatable bonds is 4. The lowest BCUT2D eigenvalue weighted by atomic mass is 10.0. The molecule has 1 unspecified atom stereocenters. The number of alkyl halides is 1. The molecule has 1 atom stereocenters. The third kappa shape index (κ3) is 3.58. The fraction of sp³-hybridized carbons (Fsp3) is 0.0769. The third-order valence-corrected chi connectivity index (χ3v) is 3.71. The molecule has 0 spiro atoms. The Kier molecular flexibility index (Phi) is 5.04. The number of aromatic nitrogens is 2. The van der Waals surface area contributed by atoms with Crippen molar-refractivity contribution in [2.75, 3.05) is 5.32 Å². The Morgan fingerprint density at radius 1 is 1.36 bits per heavy atom. The van der Waals surface area contributed by atoms with Crippen molar-refractivity contribution in [3.63, 3.8) is 0 Å². The summed E-state index contributed by atoms with van der Waals surface area (Å²) in [6, 6.07) is 5.29. The van der Waals surface area contributed by atoms with Gasteiger partial charge < -0.3 is 5.11 Å². The molecule has 0 aliphatic carbocycles. The van der Waals surface area contributed by atoms with Crippen molar-refractivity contribution in [2.24, 2.45) is 0 Å². The summed E-state index contributed by atoms with van der Waals surface area (Å²) in [5.41, 5.74) is -0.317. The van der Waals surface area contributed by atoms with Crippen LogP contribution in [0.25, 0.3) is 0 Å². The van der Waals surface area contributed by atoms with Crippen molar-refractivity contribution in [1.29, 1.82) is 0 Å². The van der Waals surface area contributed by atoms with Gasteiger partial charge in [0.25, 0.3) is 0 Å². The first-order chi connectivity index (χ1) is 10.4. The molecule has 1 heterocycles. The van der Waals surface area contributed by atoms with Crippen LogP contribution in [0.5, 0.6) is 0 Å². The van der Waals surface area contributed by atoms with Crippen molar-refractivity contribution in [3.05, 3.63) is 52.8 Å². The molecule has 1 aromatic heterocycles. The van der Waals surface area contributed by atoms with E-state index in [1.54, 1.807) is 0 Å². The van der Waals surface area contributed by atoms with E-state index < -0.39 is 22.5 Å². The second-order valence-electron chi connectivity index (χ2n) is 4.07. The maximum absolute atomic E-state index is 14.2. The Hall–Kier alpha value is -2.06. The van der Waals surface area contributed by atoms with Gasteiger partial charge in [-0.2, -0.15) is 0 Å². The van der Waals surface area contributed by atoms with Crippen LogP contribution < -0.4 is 5.32 Å². The van der Waals surface area contributed by atoms with E-state index in [2.05, 4.69) is 25.9 Å². The smallest absolute Gasteiger partial charge is 0.409 e. The van der Waals surface area contributed by atoms with Gasteiger partial charge in [-0.05, 0) is 29.8 Å². The molecule has 9 heteroatoms. The minimum absolute atomic E-state index is 0.0449. The minimum Gasteiger partial charge on any atom is -0.465 e. The van der Waals surface area contributed by atoms with Crippen LogP contribution >= 0.6 is 27.5 Å². The summed E-state index contributed by atoms with van der Waals surface area (Å²) in [6.07, 6.45) is -0.0631. The third-order valence-electron chi connectivity index (χ3n) is 2.64. The number of nitrogens with one attached hydrogen (secondary N) is 1. The lowest BCUT2D eigenvalue weighted by Crippen LogP contribution is -2.14. The molecule has 2 N–H and O–H groups in total. The zero-order chi connectivity index (χ0) is 16.3. The van der Waals surface area contributed by atoms with Crippen molar-refractivity contribution < 1.29 is 19.1 Å². The fourth-order valence-electron chi connectivity index (χ4n) is 1.69. The number of carbonyl (C=O) groups is 2. The summed E-state index contributed by atoms with van der Waals surface area (Å²) in [7, 11) is 0. The number of carbonyl (C=O) groups excluding carboxylic acids is 1. The lowest BCUT2D eigenvalue weighted by Gasteiger charge is -2.11. The largest absolute Gasteiger partial charge is 0.465 e. The highest BCUT2D eigenvalue weighted by Crippen LogP contribution is 2.29. The summed E-state index contributed by atoms with van der Waals surface area (Å²) >= 11 is 8.78. The molecule has 0 aliphatic rings. The van der Waals surface area contributed by atoms with Gasteiger partial charge in [0, 0.05) is 6.20 Å². The molecule has 2 aromatic rings. The number of amides is 1. The van der Waals surface area contributed by atoms with Crippen LogP contribution in [0.4, 0.5) is 14.9 Å². The molecule has 0 saturated carbocycles. The maximum Gasteiger partial charge on any atom is 0.409 e. The Balaban J connectivity index is 2.35. The van der Waals surface area contributed by atoms with E-state index in [0.717, 1.165) is 0 Å². The Morgan fingerprint density at radius 2 is 2.09 bits per heavy atom. The zero-order valence-corrected chi connectivity index (χ0v) is 13.1. The molecule has 0 radical (unpaired) electrons. The topological polar surface area (TPSA) is 92.2 Å². The molecule has 2 rings (SSSR count). The van der Waals surface area contributed by atoms with Crippen molar-refractivity contribution in [1.82, 2.24) is 9.97 Å². The number of hydrogen-bond acceptors (Lipinski definition) is 4. The lowest BCUT2D eigenvalue weighted by molar-refractivity contribution is 0.0986. The highest BCUT2D eigenvalue weighted by Gasteiger charge is 2.25. The first-order valence-corrected chi connectivity index (χ1v) is 7.14. The molecule has 1 aromatic carbocycles. The number of hydrogen-bond donors (Lipinski definition) is 2. The summed E-state index contributed by atoms with van der Waals surface area (Å²) in [5.74, 6) is -1.58. The van der Waals surface area contributed by atoms with Crippen LogP contribution in [-0.4, -0.2) is 27.0 Å². The van der Waals surface area contributed by atoms with E-state index >= 15 is 0 Å². The first kappa shape index (κ1) is 16.3. The van der Waals surface area contributed by atoms with Gasteiger partial charge in [0.1, 0.15) is 4.83 Å².